The van der Waals surface area contributed by atoms with Gasteiger partial charge in [-0.25, -0.2) is 4.79 Å². The summed E-state index contributed by atoms with van der Waals surface area (Å²) in [6.45, 7) is 1.48. The molecular weight excluding hydrogens is 339 g/mol. The van der Waals surface area contributed by atoms with Crippen molar-refractivity contribution in [1.82, 2.24) is 0 Å². The van der Waals surface area contributed by atoms with Crippen LogP contribution in [0.4, 0.5) is 0 Å². The number of benzene rings is 3. The van der Waals surface area contributed by atoms with Crippen molar-refractivity contribution in [3.05, 3.63) is 91.0 Å². The van der Waals surface area contributed by atoms with Gasteiger partial charge in [0.2, 0.25) is 0 Å². The molecule has 0 aliphatic carbocycles. The van der Waals surface area contributed by atoms with Crippen LogP contribution >= 0.6 is 6.89 Å². The van der Waals surface area contributed by atoms with Gasteiger partial charge in [0, 0.05) is 5.80 Å². The van der Waals surface area contributed by atoms with Crippen molar-refractivity contribution in [1.29, 1.82) is 0 Å². The normalized spacial score (nSPS) is 11.2. The van der Waals surface area contributed by atoms with Crippen LogP contribution in [0.2, 0.25) is 0 Å². The maximum Gasteiger partial charge on any atom is 0.332 e. The van der Waals surface area contributed by atoms with E-state index in [2.05, 4.69) is 36.4 Å². The van der Waals surface area contributed by atoms with E-state index in [0.717, 1.165) is 15.9 Å². The van der Waals surface area contributed by atoms with E-state index in [4.69, 9.17) is 4.74 Å². The van der Waals surface area contributed by atoms with Gasteiger partial charge in [0.25, 0.3) is 0 Å². The summed E-state index contributed by atoms with van der Waals surface area (Å²) in [4.78, 5) is 12.7. The second-order valence-electron chi connectivity index (χ2n) is 6.34. The molecule has 132 valence electrons. The first-order valence-electron chi connectivity index (χ1n) is 8.75. The SMILES string of the molecule is CC(C)OC(=O)C=P(c1ccccc1)(c1ccccc1)c1ccccc1. The number of hydrogen-bond donors (Lipinski definition) is 0. The molecule has 0 atom stereocenters. The van der Waals surface area contributed by atoms with Gasteiger partial charge in [-0.3, -0.25) is 0 Å². The van der Waals surface area contributed by atoms with Gasteiger partial charge in [-0.15, -0.1) is 0 Å². The summed E-state index contributed by atoms with van der Waals surface area (Å²) in [6.07, 6.45) is -0.150. The predicted octanol–water partition coefficient (Wildman–Crippen LogP) is 3.73. The monoisotopic (exact) mass is 362 g/mol. The predicted molar refractivity (Wildman–Crippen MR) is 112 cm³/mol. The average Bonchev–Trinajstić information content (AvgIpc) is 2.67. The minimum Gasteiger partial charge on any atom is -0.460 e. The van der Waals surface area contributed by atoms with Gasteiger partial charge in [0.15, 0.2) is 0 Å². The molecule has 0 radical (unpaired) electrons. The first-order chi connectivity index (χ1) is 12.6. The molecule has 0 saturated carbocycles. The highest BCUT2D eigenvalue weighted by Gasteiger charge is 2.26. The van der Waals surface area contributed by atoms with Crippen molar-refractivity contribution >= 4 is 34.6 Å². The van der Waals surface area contributed by atoms with Crippen LogP contribution < -0.4 is 15.9 Å². The molecule has 2 nitrogen and oxygen atoms in total. The smallest absolute Gasteiger partial charge is 0.332 e. The lowest BCUT2D eigenvalue weighted by atomic mass is 10.4. The molecule has 0 amide bonds. The second-order valence-corrected chi connectivity index (χ2v) is 9.60. The number of ether oxygens (including phenoxy) is 1. The molecule has 3 heteroatoms. The molecule has 0 bridgehead atoms. The number of carbonyl (C=O) groups is 1. The quantitative estimate of drug-likeness (QED) is 0.511. The van der Waals surface area contributed by atoms with E-state index in [0.29, 0.717) is 0 Å². The lowest BCUT2D eigenvalue weighted by Gasteiger charge is -2.28. The van der Waals surface area contributed by atoms with Gasteiger partial charge < -0.3 is 4.74 Å². The van der Waals surface area contributed by atoms with Crippen molar-refractivity contribution < 1.29 is 9.53 Å². The van der Waals surface area contributed by atoms with E-state index >= 15 is 0 Å². The Morgan fingerprint density at radius 1 is 0.731 bits per heavy atom. The summed E-state index contributed by atoms with van der Waals surface area (Å²) in [5.41, 5.74) is 0. The Labute approximate surface area is 155 Å². The molecule has 0 N–H and O–H groups in total. The molecule has 3 rings (SSSR count). The summed E-state index contributed by atoms with van der Waals surface area (Å²) in [5.74, 6) is 1.54. The molecule has 0 unspecified atom stereocenters. The molecule has 26 heavy (non-hydrogen) atoms. The van der Waals surface area contributed by atoms with Crippen molar-refractivity contribution in [2.75, 3.05) is 0 Å². The molecule has 0 saturated heterocycles. The van der Waals surface area contributed by atoms with Crippen LogP contribution in [0.25, 0.3) is 0 Å². The molecule has 0 aliphatic rings. The standard InChI is InChI=1S/C23H23O2P/c1-19(2)25-23(24)18-26(20-12-6-3-7-13-20,21-14-8-4-9-15-21)22-16-10-5-11-17-22/h3-19H,1-2H3. The fraction of sp³-hybridized carbons (Fsp3) is 0.130. The molecule has 0 aliphatic heterocycles. The molecule has 3 aromatic carbocycles. The first-order valence-corrected chi connectivity index (χ1v) is 10.6. The summed E-state index contributed by atoms with van der Waals surface area (Å²) >= 11 is 0. The van der Waals surface area contributed by atoms with Gasteiger partial charge in [-0.05, 0) is 36.6 Å². The first kappa shape index (κ1) is 18.2. The third-order valence-corrected chi connectivity index (χ3v) is 8.08. The van der Waals surface area contributed by atoms with Crippen LogP contribution in [-0.4, -0.2) is 17.9 Å². The van der Waals surface area contributed by atoms with Crippen molar-refractivity contribution in [3.63, 3.8) is 0 Å². The zero-order valence-electron chi connectivity index (χ0n) is 15.1. The summed E-state index contributed by atoms with van der Waals surface area (Å²) < 4.78 is 5.50. The van der Waals surface area contributed by atoms with Crippen LogP contribution in [0.1, 0.15) is 13.8 Å². The Morgan fingerprint density at radius 3 is 1.38 bits per heavy atom. The van der Waals surface area contributed by atoms with E-state index in [1.165, 1.54) is 0 Å². The Morgan fingerprint density at radius 2 is 1.08 bits per heavy atom. The number of rotatable bonds is 5. The maximum absolute atomic E-state index is 12.7. The Hall–Kier alpha value is -2.57. The van der Waals surface area contributed by atoms with Crippen molar-refractivity contribution in [2.24, 2.45) is 0 Å². The van der Waals surface area contributed by atoms with E-state index in [1.54, 1.807) is 0 Å². The average molecular weight is 362 g/mol. The lowest BCUT2D eigenvalue weighted by Crippen LogP contribution is -2.29. The Balaban J connectivity index is 2.36. The van der Waals surface area contributed by atoms with Crippen LogP contribution in [0.5, 0.6) is 0 Å². The topological polar surface area (TPSA) is 26.3 Å². The minimum atomic E-state index is -2.27. The van der Waals surface area contributed by atoms with Crippen molar-refractivity contribution in [3.8, 4) is 0 Å². The number of carbonyl (C=O) groups excluding carboxylic acids is 1. The van der Waals surface area contributed by atoms with Crippen LogP contribution in [0, 0.1) is 0 Å². The molecule has 0 spiro atoms. The minimum absolute atomic E-state index is 0.150. The molecule has 3 aromatic rings. The van der Waals surface area contributed by atoms with Gasteiger partial charge in [0.1, 0.15) is 0 Å². The third-order valence-electron chi connectivity index (χ3n) is 4.14. The highest BCUT2D eigenvalue weighted by Crippen LogP contribution is 2.43. The van der Waals surface area contributed by atoms with E-state index in [9.17, 15) is 4.79 Å². The van der Waals surface area contributed by atoms with E-state index in [-0.39, 0.29) is 12.1 Å². The van der Waals surface area contributed by atoms with E-state index < -0.39 is 6.89 Å². The number of esters is 1. The van der Waals surface area contributed by atoms with Gasteiger partial charge in [0.05, 0.1) is 6.10 Å². The van der Waals surface area contributed by atoms with Gasteiger partial charge in [-0.1, -0.05) is 91.0 Å². The zero-order chi connectivity index (χ0) is 18.4. The Bertz CT molecular complexity index is 797. The van der Waals surface area contributed by atoms with Crippen molar-refractivity contribution in [2.45, 2.75) is 20.0 Å². The summed E-state index contributed by atoms with van der Waals surface area (Å²) in [6, 6.07) is 30.8. The molecular formula is C23H23O2P. The zero-order valence-corrected chi connectivity index (χ0v) is 16.0. The van der Waals surface area contributed by atoms with Gasteiger partial charge >= 0.3 is 5.97 Å². The maximum atomic E-state index is 12.7. The van der Waals surface area contributed by atoms with Gasteiger partial charge in [-0.2, -0.15) is 0 Å². The highest BCUT2D eigenvalue weighted by molar-refractivity contribution is 7.95. The van der Waals surface area contributed by atoms with Crippen LogP contribution in [-0.2, 0) is 9.53 Å². The second kappa shape index (κ2) is 8.21. The molecule has 0 heterocycles. The largest absolute Gasteiger partial charge is 0.460 e. The fourth-order valence-corrected chi connectivity index (χ4v) is 6.73. The Kier molecular flexibility index (Phi) is 5.75. The van der Waals surface area contributed by atoms with E-state index in [1.807, 2.05) is 74.2 Å². The fourth-order valence-electron chi connectivity index (χ4n) is 3.08. The van der Waals surface area contributed by atoms with Crippen LogP contribution in [0.3, 0.4) is 0 Å². The van der Waals surface area contributed by atoms with Crippen LogP contribution in [0.15, 0.2) is 91.0 Å². The number of hydrogen-bond acceptors (Lipinski definition) is 2. The molecule has 0 fully saturated rings. The highest BCUT2D eigenvalue weighted by atomic mass is 31.2. The summed E-state index contributed by atoms with van der Waals surface area (Å²) in [5, 5.41) is 3.41. The lowest BCUT2D eigenvalue weighted by molar-refractivity contribution is -0.138. The summed E-state index contributed by atoms with van der Waals surface area (Å²) in [7, 11) is 0. The third kappa shape index (κ3) is 3.81. The molecule has 0 aromatic heterocycles.